The number of benzene rings is 1. The Labute approximate surface area is 165 Å². The van der Waals surface area contributed by atoms with E-state index in [0.29, 0.717) is 16.5 Å². The molecule has 6 heteroatoms. The van der Waals surface area contributed by atoms with E-state index in [9.17, 15) is 4.79 Å². The molecule has 4 fully saturated rings. The SMILES string of the molecule is CC12CC3CC(C)(C1)CC(NN(C(=O)NN)c1cnc4ccccc4c1)(C3)C2. The normalized spacial score (nSPS) is 35.9. The Kier molecular flexibility index (Phi) is 3.77. The molecule has 4 aliphatic rings. The van der Waals surface area contributed by atoms with Crippen molar-refractivity contribution in [1.82, 2.24) is 15.8 Å². The lowest BCUT2D eigenvalue weighted by Gasteiger charge is -2.65. The molecule has 2 atom stereocenters. The van der Waals surface area contributed by atoms with E-state index in [0.717, 1.165) is 36.1 Å². The second-order valence-electron chi connectivity index (χ2n) is 10.2. The number of pyridine rings is 1. The van der Waals surface area contributed by atoms with Crippen molar-refractivity contribution in [2.75, 3.05) is 5.01 Å². The predicted molar refractivity (Wildman–Crippen MR) is 110 cm³/mol. The lowest BCUT2D eigenvalue weighted by molar-refractivity contribution is -0.117. The fourth-order valence-electron chi connectivity index (χ4n) is 7.29. The first-order chi connectivity index (χ1) is 13.3. The number of nitrogens with two attached hydrogens (primary N) is 1. The summed E-state index contributed by atoms with van der Waals surface area (Å²) in [5.74, 6) is 6.27. The predicted octanol–water partition coefficient (Wildman–Crippen LogP) is 3.88. The zero-order valence-electron chi connectivity index (χ0n) is 16.7. The second-order valence-corrected chi connectivity index (χ2v) is 10.2. The van der Waals surface area contributed by atoms with Crippen LogP contribution in [0.25, 0.3) is 10.9 Å². The van der Waals surface area contributed by atoms with Crippen LogP contribution < -0.4 is 21.7 Å². The summed E-state index contributed by atoms with van der Waals surface area (Å²) in [6.45, 7) is 4.86. The molecule has 6 nitrogen and oxygen atoms in total. The number of nitrogens with zero attached hydrogens (tertiary/aromatic N) is 2. The molecule has 4 N–H and O–H groups in total. The molecule has 4 bridgehead atoms. The minimum Gasteiger partial charge on any atom is -0.274 e. The van der Waals surface area contributed by atoms with Gasteiger partial charge in [0.05, 0.1) is 17.4 Å². The van der Waals surface area contributed by atoms with Gasteiger partial charge in [0, 0.05) is 10.9 Å². The van der Waals surface area contributed by atoms with Gasteiger partial charge in [-0.2, -0.15) is 0 Å². The van der Waals surface area contributed by atoms with E-state index in [1.807, 2.05) is 30.3 Å². The quantitative estimate of drug-likeness (QED) is 0.429. The van der Waals surface area contributed by atoms with E-state index in [4.69, 9.17) is 5.84 Å². The van der Waals surface area contributed by atoms with E-state index in [1.165, 1.54) is 19.3 Å². The van der Waals surface area contributed by atoms with E-state index < -0.39 is 0 Å². The van der Waals surface area contributed by atoms with Crippen molar-refractivity contribution in [3.8, 4) is 0 Å². The molecule has 148 valence electrons. The number of hydrogen-bond acceptors (Lipinski definition) is 4. The number of carbonyl (C=O) groups excluding carboxylic acids is 1. The lowest BCUT2D eigenvalue weighted by atomic mass is 9.43. The summed E-state index contributed by atoms with van der Waals surface area (Å²) in [5.41, 5.74) is 8.22. The first-order valence-corrected chi connectivity index (χ1v) is 10.2. The molecule has 0 aliphatic heterocycles. The Morgan fingerprint density at radius 3 is 2.54 bits per heavy atom. The van der Waals surface area contributed by atoms with Crippen LogP contribution in [0.4, 0.5) is 10.5 Å². The highest BCUT2D eigenvalue weighted by molar-refractivity contribution is 5.93. The van der Waals surface area contributed by atoms with Crippen molar-refractivity contribution < 1.29 is 4.79 Å². The van der Waals surface area contributed by atoms with Crippen molar-refractivity contribution in [3.63, 3.8) is 0 Å². The van der Waals surface area contributed by atoms with Gasteiger partial charge in [-0.25, -0.2) is 21.1 Å². The number of anilines is 1. The average Bonchev–Trinajstić information content (AvgIpc) is 2.62. The minimum atomic E-state index is -0.358. The summed E-state index contributed by atoms with van der Waals surface area (Å²) in [5, 5.41) is 2.58. The zero-order chi connectivity index (χ0) is 19.6. The monoisotopic (exact) mass is 379 g/mol. The van der Waals surface area contributed by atoms with Crippen LogP contribution in [0.15, 0.2) is 36.5 Å². The molecular formula is C22H29N5O. The number of hydrogen-bond donors (Lipinski definition) is 3. The Balaban J connectivity index is 1.51. The van der Waals surface area contributed by atoms with Gasteiger partial charge in [-0.3, -0.25) is 10.4 Å². The van der Waals surface area contributed by atoms with Crippen molar-refractivity contribution >= 4 is 22.6 Å². The summed E-state index contributed by atoms with van der Waals surface area (Å²) < 4.78 is 0. The zero-order valence-corrected chi connectivity index (χ0v) is 16.7. The van der Waals surface area contributed by atoms with Gasteiger partial charge in [0.25, 0.3) is 0 Å². The van der Waals surface area contributed by atoms with Crippen LogP contribution in [-0.4, -0.2) is 16.6 Å². The number of hydrazine groups is 2. The maximum atomic E-state index is 12.7. The average molecular weight is 380 g/mol. The Morgan fingerprint density at radius 1 is 1.14 bits per heavy atom. The van der Waals surface area contributed by atoms with Gasteiger partial charge in [0.2, 0.25) is 0 Å². The first-order valence-electron chi connectivity index (χ1n) is 10.2. The van der Waals surface area contributed by atoms with Crippen molar-refractivity contribution in [2.45, 2.75) is 57.9 Å². The summed E-state index contributed by atoms with van der Waals surface area (Å²) in [6.07, 6.45) is 8.98. The van der Waals surface area contributed by atoms with E-state index in [-0.39, 0.29) is 11.6 Å². The van der Waals surface area contributed by atoms with Crippen LogP contribution in [-0.2, 0) is 0 Å². The number of aromatic nitrogens is 1. The molecule has 0 radical (unpaired) electrons. The number of fused-ring (bicyclic) bond motifs is 1. The molecule has 2 aromatic rings. The van der Waals surface area contributed by atoms with Gasteiger partial charge in [-0.15, -0.1) is 0 Å². The molecule has 0 spiro atoms. The minimum absolute atomic E-state index is 0.0684. The Bertz CT molecular complexity index is 925. The topological polar surface area (TPSA) is 83.3 Å². The molecule has 28 heavy (non-hydrogen) atoms. The molecule has 1 aromatic heterocycles. The maximum Gasteiger partial charge on any atom is 0.350 e. The van der Waals surface area contributed by atoms with Crippen LogP contribution in [0.2, 0.25) is 0 Å². The summed E-state index contributed by atoms with van der Waals surface area (Å²) in [6, 6.07) is 9.57. The van der Waals surface area contributed by atoms with Crippen LogP contribution in [0, 0.1) is 16.7 Å². The maximum absolute atomic E-state index is 12.7. The van der Waals surface area contributed by atoms with Crippen molar-refractivity contribution in [2.24, 2.45) is 22.6 Å². The highest BCUT2D eigenvalue weighted by Gasteiger charge is 2.60. The molecule has 1 aromatic carbocycles. The van der Waals surface area contributed by atoms with Crippen molar-refractivity contribution in [1.29, 1.82) is 0 Å². The van der Waals surface area contributed by atoms with Crippen LogP contribution in [0.5, 0.6) is 0 Å². The number of para-hydroxylation sites is 1. The molecule has 1 heterocycles. The van der Waals surface area contributed by atoms with Crippen LogP contribution in [0.1, 0.15) is 52.4 Å². The molecule has 0 saturated heterocycles. The molecule has 4 aliphatic carbocycles. The van der Waals surface area contributed by atoms with E-state index in [2.05, 4.69) is 29.7 Å². The third-order valence-corrected chi connectivity index (χ3v) is 7.14. The summed E-state index contributed by atoms with van der Waals surface area (Å²) >= 11 is 0. The van der Waals surface area contributed by atoms with Crippen LogP contribution >= 0.6 is 0 Å². The third-order valence-electron chi connectivity index (χ3n) is 7.14. The largest absolute Gasteiger partial charge is 0.350 e. The van der Waals surface area contributed by atoms with Gasteiger partial charge in [-0.05, 0) is 67.4 Å². The van der Waals surface area contributed by atoms with Gasteiger partial charge in [-0.1, -0.05) is 32.0 Å². The number of nitrogens with one attached hydrogen (secondary N) is 2. The third kappa shape index (κ3) is 2.86. The van der Waals surface area contributed by atoms with Gasteiger partial charge < -0.3 is 0 Å². The molecular weight excluding hydrogens is 350 g/mol. The molecule has 2 unspecified atom stereocenters. The number of rotatable bonds is 3. The molecule has 6 rings (SSSR count). The van der Waals surface area contributed by atoms with Gasteiger partial charge in [0.1, 0.15) is 0 Å². The van der Waals surface area contributed by atoms with E-state index >= 15 is 0 Å². The van der Waals surface area contributed by atoms with Gasteiger partial charge in [0.15, 0.2) is 0 Å². The second kappa shape index (κ2) is 5.91. The standard InChI is InChI=1S/C22H29N5O/c1-20-8-15-9-21(2,12-20)14-22(10-15,13-20)26-27(19(28)25-23)17-7-16-5-3-4-6-18(16)24-11-17/h3-7,11,15,26H,8-10,12-14,23H2,1-2H3,(H,25,28). The fraction of sp³-hybridized carbons (Fsp3) is 0.545. The Morgan fingerprint density at radius 2 is 1.86 bits per heavy atom. The summed E-state index contributed by atoms with van der Waals surface area (Å²) in [7, 11) is 0. The number of amides is 2. The highest BCUT2D eigenvalue weighted by Crippen LogP contribution is 2.66. The van der Waals surface area contributed by atoms with Crippen LogP contribution in [0.3, 0.4) is 0 Å². The number of carbonyl (C=O) groups is 1. The van der Waals surface area contributed by atoms with E-state index in [1.54, 1.807) is 11.2 Å². The number of urea groups is 1. The Hall–Kier alpha value is -2.18. The summed E-state index contributed by atoms with van der Waals surface area (Å²) in [4.78, 5) is 17.3. The lowest BCUT2D eigenvalue weighted by Crippen LogP contribution is -2.69. The fourth-order valence-corrected chi connectivity index (χ4v) is 7.29. The molecule has 4 saturated carbocycles. The molecule has 2 amide bonds. The van der Waals surface area contributed by atoms with Gasteiger partial charge >= 0.3 is 6.03 Å². The highest BCUT2D eigenvalue weighted by atomic mass is 16.2. The smallest absolute Gasteiger partial charge is 0.274 e. The van der Waals surface area contributed by atoms with Crippen molar-refractivity contribution in [3.05, 3.63) is 36.5 Å². The first kappa shape index (κ1) is 17.9.